The van der Waals surface area contributed by atoms with Gasteiger partial charge in [0.1, 0.15) is 17.8 Å². The summed E-state index contributed by atoms with van der Waals surface area (Å²) < 4.78 is 0. The van der Waals surface area contributed by atoms with Gasteiger partial charge in [-0.05, 0) is 31.0 Å². The minimum Gasteiger partial charge on any atom is -0.368 e. The first-order valence-corrected chi connectivity index (χ1v) is 8.87. The van der Waals surface area contributed by atoms with E-state index in [4.69, 9.17) is 0 Å². The van der Waals surface area contributed by atoms with Crippen LogP contribution in [-0.4, -0.2) is 53.5 Å². The van der Waals surface area contributed by atoms with Crippen molar-refractivity contribution in [1.82, 2.24) is 14.9 Å². The SMILES string of the molecule is C=CCNc1cc(C(=O)N2CCN(c3cccc(C)c3C)CC2)ncn1. The first-order valence-electron chi connectivity index (χ1n) is 8.87. The maximum Gasteiger partial charge on any atom is 0.272 e. The summed E-state index contributed by atoms with van der Waals surface area (Å²) in [5.74, 6) is 0.590. The lowest BCUT2D eigenvalue weighted by atomic mass is 10.1. The number of amides is 1. The molecule has 1 fully saturated rings. The summed E-state index contributed by atoms with van der Waals surface area (Å²) in [6, 6.07) is 8.07. The normalized spacial score (nSPS) is 14.2. The van der Waals surface area contributed by atoms with E-state index in [1.165, 1.54) is 23.1 Å². The Morgan fingerprint density at radius 1 is 1.23 bits per heavy atom. The molecule has 0 unspecified atom stereocenters. The van der Waals surface area contributed by atoms with E-state index in [1.54, 1.807) is 12.1 Å². The summed E-state index contributed by atoms with van der Waals surface area (Å²) in [6.07, 6.45) is 3.17. The quantitative estimate of drug-likeness (QED) is 0.839. The fraction of sp³-hybridized carbons (Fsp3) is 0.350. The average Bonchev–Trinajstić information content (AvgIpc) is 2.68. The van der Waals surface area contributed by atoms with Gasteiger partial charge in [0.05, 0.1) is 0 Å². The van der Waals surface area contributed by atoms with E-state index in [-0.39, 0.29) is 5.91 Å². The predicted molar refractivity (Wildman–Crippen MR) is 105 cm³/mol. The Balaban J connectivity index is 1.65. The van der Waals surface area contributed by atoms with Crippen LogP contribution in [-0.2, 0) is 0 Å². The molecule has 1 aromatic carbocycles. The molecule has 6 nitrogen and oxygen atoms in total. The van der Waals surface area contributed by atoms with Crippen LogP contribution >= 0.6 is 0 Å². The van der Waals surface area contributed by atoms with Crippen LogP contribution in [0.4, 0.5) is 11.5 Å². The summed E-state index contributed by atoms with van der Waals surface area (Å²) in [6.45, 7) is 11.6. The number of anilines is 2. The molecule has 0 atom stereocenters. The van der Waals surface area contributed by atoms with Gasteiger partial charge >= 0.3 is 0 Å². The van der Waals surface area contributed by atoms with Gasteiger partial charge in [-0.3, -0.25) is 4.79 Å². The maximum absolute atomic E-state index is 12.8. The molecule has 1 aromatic heterocycles. The van der Waals surface area contributed by atoms with Gasteiger partial charge in [0, 0.05) is 44.5 Å². The van der Waals surface area contributed by atoms with E-state index >= 15 is 0 Å². The third-order valence-electron chi connectivity index (χ3n) is 4.80. The van der Waals surface area contributed by atoms with E-state index in [0.29, 0.717) is 31.1 Å². The van der Waals surface area contributed by atoms with E-state index in [0.717, 1.165) is 13.1 Å². The Hall–Kier alpha value is -2.89. The first kappa shape index (κ1) is 17.9. The highest BCUT2D eigenvalue weighted by Gasteiger charge is 2.24. The molecule has 136 valence electrons. The van der Waals surface area contributed by atoms with E-state index in [2.05, 4.69) is 58.8 Å². The smallest absolute Gasteiger partial charge is 0.272 e. The van der Waals surface area contributed by atoms with Gasteiger partial charge in [-0.2, -0.15) is 0 Å². The second kappa shape index (κ2) is 7.99. The number of nitrogens with zero attached hydrogens (tertiary/aromatic N) is 4. The van der Waals surface area contributed by atoms with Gasteiger partial charge in [0.2, 0.25) is 0 Å². The van der Waals surface area contributed by atoms with Crippen LogP contribution in [0.1, 0.15) is 21.6 Å². The van der Waals surface area contributed by atoms with Gasteiger partial charge < -0.3 is 15.1 Å². The van der Waals surface area contributed by atoms with Crippen molar-refractivity contribution in [3.63, 3.8) is 0 Å². The van der Waals surface area contributed by atoms with Crippen LogP contribution in [0.3, 0.4) is 0 Å². The molecule has 1 aliphatic heterocycles. The van der Waals surface area contributed by atoms with E-state index in [9.17, 15) is 4.79 Å². The Morgan fingerprint density at radius 2 is 2.00 bits per heavy atom. The van der Waals surface area contributed by atoms with Crippen molar-refractivity contribution in [3.8, 4) is 0 Å². The van der Waals surface area contributed by atoms with Gasteiger partial charge in [-0.1, -0.05) is 18.2 Å². The molecule has 0 radical (unpaired) electrons. The molecular weight excluding hydrogens is 326 g/mol. The highest BCUT2D eigenvalue weighted by atomic mass is 16.2. The molecule has 1 amide bonds. The summed E-state index contributed by atoms with van der Waals surface area (Å²) >= 11 is 0. The monoisotopic (exact) mass is 351 g/mol. The molecule has 6 heteroatoms. The summed E-state index contributed by atoms with van der Waals surface area (Å²) in [7, 11) is 0. The topological polar surface area (TPSA) is 61.4 Å². The Labute approximate surface area is 154 Å². The molecule has 1 N–H and O–H groups in total. The molecule has 26 heavy (non-hydrogen) atoms. The third kappa shape index (κ3) is 3.85. The van der Waals surface area contributed by atoms with Gasteiger partial charge in [-0.25, -0.2) is 9.97 Å². The van der Waals surface area contributed by atoms with Gasteiger partial charge in [0.25, 0.3) is 5.91 Å². The standard InChI is InChI=1S/C20H25N5O/c1-4-8-21-19-13-17(22-14-23-19)20(26)25-11-9-24(10-12-25)18-7-5-6-15(2)16(18)3/h4-7,13-14H,1,8-12H2,2-3H3,(H,21,22,23). The number of aryl methyl sites for hydroxylation is 1. The molecule has 1 saturated heterocycles. The number of nitrogens with one attached hydrogen (secondary N) is 1. The van der Waals surface area contributed by atoms with Crippen LogP contribution in [0, 0.1) is 13.8 Å². The highest BCUT2D eigenvalue weighted by molar-refractivity contribution is 5.93. The fourth-order valence-electron chi connectivity index (χ4n) is 3.14. The van der Waals surface area contributed by atoms with Crippen LogP contribution < -0.4 is 10.2 Å². The van der Waals surface area contributed by atoms with Gasteiger partial charge in [0.15, 0.2) is 0 Å². The molecule has 2 aromatic rings. The first-order chi connectivity index (χ1) is 12.6. The van der Waals surface area contributed by atoms with Crippen LogP contribution in [0.2, 0.25) is 0 Å². The number of rotatable bonds is 5. The van der Waals surface area contributed by atoms with Crippen molar-refractivity contribution < 1.29 is 4.79 Å². The Bertz CT molecular complexity index is 797. The van der Waals surface area contributed by atoms with Crippen molar-refractivity contribution in [2.45, 2.75) is 13.8 Å². The van der Waals surface area contributed by atoms with E-state index < -0.39 is 0 Å². The fourth-order valence-corrected chi connectivity index (χ4v) is 3.14. The average molecular weight is 351 g/mol. The summed E-state index contributed by atoms with van der Waals surface area (Å²) in [5, 5.41) is 3.08. The summed E-state index contributed by atoms with van der Waals surface area (Å²) in [4.78, 5) is 25.2. The number of carbonyl (C=O) groups excluding carboxylic acids is 1. The molecule has 0 aliphatic carbocycles. The zero-order valence-corrected chi connectivity index (χ0v) is 15.4. The van der Waals surface area contributed by atoms with Gasteiger partial charge in [-0.15, -0.1) is 6.58 Å². The van der Waals surface area contributed by atoms with Crippen molar-refractivity contribution in [1.29, 1.82) is 0 Å². The molecular formula is C20H25N5O. The van der Waals surface area contributed by atoms with Crippen molar-refractivity contribution in [2.24, 2.45) is 0 Å². The summed E-state index contributed by atoms with van der Waals surface area (Å²) in [5.41, 5.74) is 4.28. The second-order valence-electron chi connectivity index (χ2n) is 6.46. The lowest BCUT2D eigenvalue weighted by molar-refractivity contribution is 0.0740. The molecule has 3 rings (SSSR count). The predicted octanol–water partition coefficient (Wildman–Crippen LogP) is 2.65. The number of aromatic nitrogens is 2. The number of hydrogen-bond donors (Lipinski definition) is 1. The highest BCUT2D eigenvalue weighted by Crippen LogP contribution is 2.24. The molecule has 0 spiro atoms. The van der Waals surface area contributed by atoms with Crippen LogP contribution in [0.15, 0.2) is 43.2 Å². The van der Waals surface area contributed by atoms with Crippen molar-refractivity contribution in [2.75, 3.05) is 42.9 Å². The zero-order chi connectivity index (χ0) is 18.5. The number of piperazine rings is 1. The number of carbonyl (C=O) groups is 1. The molecule has 1 aliphatic rings. The van der Waals surface area contributed by atoms with Crippen LogP contribution in [0.25, 0.3) is 0 Å². The lowest BCUT2D eigenvalue weighted by Gasteiger charge is -2.37. The molecule has 0 saturated carbocycles. The Morgan fingerprint density at radius 3 is 2.73 bits per heavy atom. The van der Waals surface area contributed by atoms with E-state index in [1.807, 2.05) is 4.90 Å². The minimum atomic E-state index is -0.0466. The second-order valence-corrected chi connectivity index (χ2v) is 6.46. The number of hydrogen-bond acceptors (Lipinski definition) is 5. The lowest BCUT2D eigenvalue weighted by Crippen LogP contribution is -2.49. The van der Waals surface area contributed by atoms with Crippen molar-refractivity contribution >= 4 is 17.4 Å². The maximum atomic E-state index is 12.8. The molecule has 2 heterocycles. The zero-order valence-electron chi connectivity index (χ0n) is 15.4. The Kier molecular flexibility index (Phi) is 5.51. The molecule has 0 bridgehead atoms. The van der Waals surface area contributed by atoms with Crippen molar-refractivity contribution in [3.05, 3.63) is 60.1 Å². The van der Waals surface area contributed by atoms with Crippen LogP contribution in [0.5, 0.6) is 0 Å². The number of benzene rings is 1. The minimum absolute atomic E-state index is 0.0466. The third-order valence-corrected chi connectivity index (χ3v) is 4.80. The largest absolute Gasteiger partial charge is 0.368 e.